The molecule has 0 fully saturated rings. The summed E-state index contributed by atoms with van der Waals surface area (Å²) in [4.78, 5) is 3.37. The first-order valence-corrected chi connectivity index (χ1v) is 9.31. The minimum atomic E-state index is 0.0479. The van der Waals surface area contributed by atoms with Crippen LogP contribution in [0, 0.1) is 6.92 Å². The van der Waals surface area contributed by atoms with E-state index >= 15 is 0 Å². The van der Waals surface area contributed by atoms with Crippen LogP contribution >= 0.6 is 0 Å². The molecule has 0 radical (unpaired) electrons. The fraction of sp³-hybridized carbons (Fsp3) is 0.120. The maximum absolute atomic E-state index is 4.47. The third kappa shape index (κ3) is 3.71. The second kappa shape index (κ2) is 7.65. The van der Waals surface area contributed by atoms with Crippen LogP contribution < -0.4 is 5.32 Å². The topological polar surface area (TPSA) is 27.8 Å². The van der Waals surface area contributed by atoms with Gasteiger partial charge in [0, 0.05) is 29.2 Å². The largest absolute Gasteiger partial charge is 0.361 e. The summed E-state index contributed by atoms with van der Waals surface area (Å²) >= 11 is 0. The Balaban J connectivity index is 1.65. The first kappa shape index (κ1) is 17.3. The van der Waals surface area contributed by atoms with Crippen LogP contribution in [-0.4, -0.2) is 4.98 Å². The Morgan fingerprint density at radius 2 is 1.63 bits per heavy atom. The smallest absolute Gasteiger partial charge is 0.0580 e. The molecule has 0 bridgehead atoms. The number of aryl methyl sites for hydroxylation is 1. The van der Waals surface area contributed by atoms with Crippen LogP contribution in [0.1, 0.15) is 28.3 Å². The molecule has 1 unspecified atom stereocenters. The van der Waals surface area contributed by atoms with Crippen LogP contribution in [-0.2, 0) is 6.54 Å². The third-order valence-electron chi connectivity index (χ3n) is 5.05. The van der Waals surface area contributed by atoms with E-state index in [1.165, 1.54) is 22.1 Å². The van der Waals surface area contributed by atoms with Gasteiger partial charge in [-0.25, -0.2) is 0 Å². The maximum atomic E-state index is 4.47. The number of hydrogen-bond donors (Lipinski definition) is 2. The van der Waals surface area contributed by atoms with Crippen molar-refractivity contribution in [1.82, 2.24) is 10.3 Å². The molecule has 4 rings (SSSR count). The average molecular weight is 352 g/mol. The van der Waals surface area contributed by atoms with Gasteiger partial charge in [0.1, 0.15) is 0 Å². The molecule has 0 saturated carbocycles. The number of benzene rings is 3. The summed E-state index contributed by atoms with van der Waals surface area (Å²) in [6.07, 6.45) is 2.07. The molecule has 3 aromatic carbocycles. The lowest BCUT2D eigenvalue weighted by Crippen LogP contribution is -2.22. The van der Waals surface area contributed by atoms with Gasteiger partial charge in [-0.05, 0) is 29.7 Å². The minimum absolute atomic E-state index is 0.0479. The van der Waals surface area contributed by atoms with E-state index in [1.807, 2.05) is 0 Å². The van der Waals surface area contributed by atoms with E-state index in [2.05, 4.69) is 109 Å². The van der Waals surface area contributed by atoms with Gasteiger partial charge in [0.05, 0.1) is 6.04 Å². The van der Waals surface area contributed by atoms with E-state index in [0.717, 1.165) is 23.2 Å². The van der Waals surface area contributed by atoms with Crippen molar-refractivity contribution in [2.45, 2.75) is 19.5 Å². The summed E-state index contributed by atoms with van der Waals surface area (Å²) in [7, 11) is 0. The lowest BCUT2D eigenvalue weighted by atomic mass is 9.93. The number of para-hydroxylation sites is 1. The van der Waals surface area contributed by atoms with E-state index in [1.54, 1.807) is 0 Å². The zero-order chi connectivity index (χ0) is 18.6. The van der Waals surface area contributed by atoms with Crippen molar-refractivity contribution in [3.05, 3.63) is 114 Å². The van der Waals surface area contributed by atoms with Crippen LogP contribution in [0.5, 0.6) is 0 Å². The Labute approximate surface area is 160 Å². The van der Waals surface area contributed by atoms with Gasteiger partial charge in [0.25, 0.3) is 0 Å². The Kier molecular flexibility index (Phi) is 4.91. The van der Waals surface area contributed by atoms with Crippen LogP contribution in [0.25, 0.3) is 16.5 Å². The van der Waals surface area contributed by atoms with Gasteiger partial charge in [-0.3, -0.25) is 0 Å². The molecule has 134 valence electrons. The quantitative estimate of drug-likeness (QED) is 0.436. The van der Waals surface area contributed by atoms with Crippen molar-refractivity contribution in [2.24, 2.45) is 0 Å². The predicted molar refractivity (Wildman–Crippen MR) is 115 cm³/mol. The summed E-state index contributed by atoms with van der Waals surface area (Å²) in [5, 5.41) is 4.92. The summed E-state index contributed by atoms with van der Waals surface area (Å²) in [5.41, 5.74) is 7.15. The number of hydrogen-bond acceptors (Lipinski definition) is 1. The van der Waals surface area contributed by atoms with Gasteiger partial charge in [-0.2, -0.15) is 0 Å². The van der Waals surface area contributed by atoms with E-state index in [0.29, 0.717) is 0 Å². The number of H-pyrrole nitrogens is 1. The molecule has 2 N–H and O–H groups in total. The molecule has 0 amide bonds. The first-order valence-electron chi connectivity index (χ1n) is 9.31. The fourth-order valence-corrected chi connectivity index (χ4v) is 3.51. The zero-order valence-corrected chi connectivity index (χ0v) is 15.6. The number of nitrogens with one attached hydrogen (secondary N) is 2. The summed E-state index contributed by atoms with van der Waals surface area (Å²) in [5.74, 6) is 0. The van der Waals surface area contributed by atoms with Gasteiger partial charge in [0.15, 0.2) is 0 Å². The molecule has 2 heteroatoms. The molecule has 1 aromatic heterocycles. The van der Waals surface area contributed by atoms with Gasteiger partial charge >= 0.3 is 0 Å². The number of rotatable bonds is 6. The SMILES string of the molecule is C=C(c1c[nH]c2ccccc12)C(NCc1ccc(C)cc1)c1ccccc1. The van der Waals surface area contributed by atoms with Crippen LogP contribution in [0.4, 0.5) is 0 Å². The first-order chi connectivity index (χ1) is 13.2. The van der Waals surface area contributed by atoms with E-state index in [9.17, 15) is 0 Å². The van der Waals surface area contributed by atoms with E-state index < -0.39 is 0 Å². The number of fused-ring (bicyclic) bond motifs is 1. The maximum Gasteiger partial charge on any atom is 0.0580 e. The molecule has 1 atom stereocenters. The molecule has 1 heterocycles. The average Bonchev–Trinajstić information content (AvgIpc) is 3.14. The summed E-state index contributed by atoms with van der Waals surface area (Å²) in [6.45, 7) is 7.37. The molecule has 0 aliphatic rings. The Morgan fingerprint density at radius 3 is 2.41 bits per heavy atom. The standard InChI is InChI=1S/C25H24N2/c1-18-12-14-20(15-13-18)16-27-25(21-8-4-3-5-9-21)19(2)23-17-26-24-11-7-6-10-22(23)24/h3-15,17,25-27H,2,16H2,1H3. The number of aromatic nitrogens is 1. The molecule has 0 aliphatic heterocycles. The van der Waals surface area contributed by atoms with Crippen LogP contribution in [0.3, 0.4) is 0 Å². The highest BCUT2D eigenvalue weighted by molar-refractivity contribution is 5.93. The predicted octanol–water partition coefficient (Wildman–Crippen LogP) is 6.02. The Hall–Kier alpha value is -3.10. The third-order valence-corrected chi connectivity index (χ3v) is 5.05. The Morgan fingerprint density at radius 1 is 0.926 bits per heavy atom. The van der Waals surface area contributed by atoms with Crippen molar-refractivity contribution >= 4 is 16.5 Å². The van der Waals surface area contributed by atoms with Crippen LogP contribution in [0.15, 0.2) is 91.6 Å². The van der Waals surface area contributed by atoms with Crippen molar-refractivity contribution in [1.29, 1.82) is 0 Å². The lowest BCUT2D eigenvalue weighted by molar-refractivity contribution is 0.634. The van der Waals surface area contributed by atoms with Crippen molar-refractivity contribution in [2.75, 3.05) is 0 Å². The highest BCUT2D eigenvalue weighted by Crippen LogP contribution is 2.33. The minimum Gasteiger partial charge on any atom is -0.361 e. The highest BCUT2D eigenvalue weighted by Gasteiger charge is 2.18. The zero-order valence-electron chi connectivity index (χ0n) is 15.6. The lowest BCUT2D eigenvalue weighted by Gasteiger charge is -2.22. The number of aromatic amines is 1. The Bertz CT molecular complexity index is 1040. The normalized spacial score (nSPS) is 12.2. The van der Waals surface area contributed by atoms with Crippen molar-refractivity contribution < 1.29 is 0 Å². The van der Waals surface area contributed by atoms with Gasteiger partial charge in [0.2, 0.25) is 0 Å². The molecule has 0 aliphatic carbocycles. The second-order valence-electron chi connectivity index (χ2n) is 6.98. The van der Waals surface area contributed by atoms with Gasteiger partial charge in [-0.15, -0.1) is 0 Å². The van der Waals surface area contributed by atoms with Crippen molar-refractivity contribution in [3.8, 4) is 0 Å². The molecule has 2 nitrogen and oxygen atoms in total. The molecule has 0 spiro atoms. The molecule has 4 aromatic rings. The van der Waals surface area contributed by atoms with Crippen LogP contribution in [0.2, 0.25) is 0 Å². The highest BCUT2D eigenvalue weighted by atomic mass is 14.9. The van der Waals surface area contributed by atoms with Gasteiger partial charge in [-0.1, -0.05) is 84.9 Å². The molecule has 0 saturated heterocycles. The van der Waals surface area contributed by atoms with E-state index in [4.69, 9.17) is 0 Å². The molecule has 27 heavy (non-hydrogen) atoms. The van der Waals surface area contributed by atoms with Crippen molar-refractivity contribution in [3.63, 3.8) is 0 Å². The van der Waals surface area contributed by atoms with Gasteiger partial charge < -0.3 is 10.3 Å². The molecular weight excluding hydrogens is 328 g/mol. The van der Waals surface area contributed by atoms with E-state index in [-0.39, 0.29) is 6.04 Å². The summed E-state index contributed by atoms with van der Waals surface area (Å²) < 4.78 is 0. The second-order valence-corrected chi connectivity index (χ2v) is 6.98. The fourth-order valence-electron chi connectivity index (χ4n) is 3.51. The molecular formula is C25H24N2. The monoisotopic (exact) mass is 352 g/mol. The summed E-state index contributed by atoms with van der Waals surface area (Å²) in [6, 6.07) is 27.6.